The monoisotopic (exact) mass is 506 g/mol. The Morgan fingerprint density at radius 3 is 2.19 bits per heavy atom. The van der Waals surface area contributed by atoms with Crippen LogP contribution in [0.3, 0.4) is 0 Å². The predicted molar refractivity (Wildman–Crippen MR) is 145 cm³/mol. The first-order valence-corrected chi connectivity index (χ1v) is 13.6. The van der Waals surface area contributed by atoms with E-state index in [-0.39, 0.29) is 23.6 Å². The minimum Gasteiger partial charge on any atom is -0.465 e. The van der Waals surface area contributed by atoms with Crippen molar-refractivity contribution in [1.82, 2.24) is 9.96 Å². The van der Waals surface area contributed by atoms with Crippen LogP contribution in [0, 0.1) is 12.8 Å². The molecule has 0 aromatic heterocycles. The van der Waals surface area contributed by atoms with Crippen LogP contribution < -0.4 is 0 Å². The molecule has 0 radical (unpaired) electrons. The summed E-state index contributed by atoms with van der Waals surface area (Å²) in [4.78, 5) is 36.1. The van der Waals surface area contributed by atoms with Crippen molar-refractivity contribution in [2.24, 2.45) is 5.92 Å². The molecule has 2 fully saturated rings. The molecule has 1 amide bonds. The van der Waals surface area contributed by atoms with Gasteiger partial charge in [0.15, 0.2) is 0 Å². The van der Waals surface area contributed by atoms with Gasteiger partial charge < -0.3 is 9.64 Å². The third-order valence-corrected chi connectivity index (χ3v) is 7.87. The number of hydrogen-bond donors (Lipinski definition) is 0. The highest BCUT2D eigenvalue weighted by Gasteiger charge is 2.52. The summed E-state index contributed by atoms with van der Waals surface area (Å²) in [5, 5.41) is 2.15. The van der Waals surface area contributed by atoms with Crippen molar-refractivity contribution < 1.29 is 19.2 Å². The van der Waals surface area contributed by atoms with E-state index in [1.807, 2.05) is 61.5 Å². The third kappa shape index (κ3) is 5.91. The van der Waals surface area contributed by atoms with Crippen molar-refractivity contribution in [3.05, 3.63) is 71.3 Å². The fourth-order valence-corrected chi connectivity index (χ4v) is 6.10. The zero-order valence-electron chi connectivity index (χ0n) is 23.2. The molecule has 0 unspecified atom stereocenters. The Hall–Kier alpha value is -2.70. The maximum Gasteiger partial charge on any atom is 0.319 e. The number of aryl methyl sites for hydroxylation is 1. The lowest BCUT2D eigenvalue weighted by atomic mass is 9.77. The molecule has 0 spiro atoms. The van der Waals surface area contributed by atoms with Crippen LogP contribution in [0.5, 0.6) is 0 Å². The summed E-state index contributed by atoms with van der Waals surface area (Å²) in [5.41, 5.74) is 2.72. The Bertz CT molecular complexity index is 1060. The summed E-state index contributed by atoms with van der Waals surface area (Å²) >= 11 is 0. The topological polar surface area (TPSA) is 59.1 Å². The number of ether oxygens (including phenoxy) is 1. The van der Waals surface area contributed by atoms with Crippen LogP contribution in [-0.4, -0.2) is 52.2 Å². The molecular weight excluding hydrogens is 464 g/mol. The lowest BCUT2D eigenvalue weighted by molar-refractivity contribution is -0.313. The molecule has 4 rings (SSSR count). The lowest BCUT2D eigenvalue weighted by Crippen LogP contribution is -2.63. The van der Waals surface area contributed by atoms with Gasteiger partial charge in [0.05, 0.1) is 6.61 Å². The minimum atomic E-state index is -0.971. The zero-order chi connectivity index (χ0) is 26.8. The molecular formula is C31H42N2O4. The van der Waals surface area contributed by atoms with Crippen LogP contribution in [0.4, 0.5) is 0 Å². The lowest BCUT2D eigenvalue weighted by Gasteiger charge is -2.54. The van der Waals surface area contributed by atoms with Crippen molar-refractivity contribution in [3.8, 4) is 0 Å². The molecule has 2 heterocycles. The van der Waals surface area contributed by atoms with Crippen molar-refractivity contribution in [1.29, 1.82) is 0 Å². The molecule has 37 heavy (non-hydrogen) atoms. The van der Waals surface area contributed by atoms with Gasteiger partial charge in [0, 0.05) is 30.1 Å². The summed E-state index contributed by atoms with van der Waals surface area (Å²) in [7, 11) is 0. The summed E-state index contributed by atoms with van der Waals surface area (Å²) in [6.07, 6.45) is 2.77. The number of likely N-dealkylation sites (tertiary alicyclic amines) is 1. The number of benzene rings is 2. The molecule has 2 aliphatic rings. The number of rotatable bonds is 7. The Balaban J connectivity index is 1.77. The fraction of sp³-hybridized carbons (Fsp3) is 0.548. The fourth-order valence-electron chi connectivity index (χ4n) is 6.10. The van der Waals surface area contributed by atoms with Gasteiger partial charge in [-0.15, -0.1) is 0 Å². The SMILES string of the molecule is CCOC(=O)[C@@H]1C(=O)N(Cc2ccccc2)C[C@@H](ON2C(C)(C)CCCC2(C)C)[C@H]1c1ccc(C)cc1. The first-order chi connectivity index (χ1) is 17.5. The van der Waals surface area contributed by atoms with E-state index >= 15 is 0 Å². The Morgan fingerprint density at radius 1 is 0.973 bits per heavy atom. The second-order valence-corrected chi connectivity index (χ2v) is 11.8. The third-order valence-electron chi connectivity index (χ3n) is 7.87. The maximum absolute atomic E-state index is 13.9. The zero-order valence-corrected chi connectivity index (χ0v) is 23.2. The van der Waals surface area contributed by atoms with Crippen LogP contribution in [0.25, 0.3) is 0 Å². The maximum atomic E-state index is 13.9. The first kappa shape index (κ1) is 27.3. The normalized spacial score (nSPS) is 25.6. The number of esters is 1. The van der Waals surface area contributed by atoms with Gasteiger partial charge >= 0.3 is 5.97 Å². The molecule has 0 N–H and O–H groups in total. The van der Waals surface area contributed by atoms with Gasteiger partial charge in [-0.3, -0.25) is 14.4 Å². The second-order valence-electron chi connectivity index (χ2n) is 11.8. The molecule has 6 heteroatoms. The highest BCUT2D eigenvalue weighted by atomic mass is 16.7. The number of amides is 1. The number of carbonyl (C=O) groups is 2. The Morgan fingerprint density at radius 2 is 1.59 bits per heavy atom. The number of carbonyl (C=O) groups excluding carboxylic acids is 2. The molecule has 3 atom stereocenters. The van der Waals surface area contributed by atoms with Gasteiger partial charge in [-0.1, -0.05) is 60.2 Å². The van der Waals surface area contributed by atoms with Crippen molar-refractivity contribution >= 4 is 11.9 Å². The molecule has 0 aliphatic carbocycles. The molecule has 0 saturated carbocycles. The van der Waals surface area contributed by atoms with Gasteiger partial charge in [0.2, 0.25) is 5.91 Å². The number of piperidine rings is 2. The standard InChI is InChI=1S/C31H42N2O4/c1-7-36-29(35)27-26(24-16-14-22(2)15-17-24)25(37-33-30(3,4)18-11-19-31(33,5)6)21-32(28(27)34)20-23-12-9-8-10-13-23/h8-10,12-17,25-27H,7,11,18-21H2,1-6H3/t25-,26-,27+/m1/s1. The van der Waals surface area contributed by atoms with Crippen LogP contribution in [0.1, 0.15) is 76.5 Å². The number of hydroxylamine groups is 2. The van der Waals surface area contributed by atoms with E-state index in [1.165, 1.54) is 0 Å². The average Bonchev–Trinajstić information content (AvgIpc) is 2.84. The quantitative estimate of drug-likeness (QED) is 0.359. The molecule has 2 aromatic carbocycles. The van der Waals surface area contributed by atoms with Crippen LogP contribution in [0.15, 0.2) is 54.6 Å². The van der Waals surface area contributed by atoms with Gasteiger partial charge in [-0.05, 0) is 71.9 Å². The van der Waals surface area contributed by atoms with E-state index in [0.29, 0.717) is 13.1 Å². The second kappa shape index (κ2) is 11.0. The average molecular weight is 507 g/mol. The van der Waals surface area contributed by atoms with E-state index in [0.717, 1.165) is 36.0 Å². The van der Waals surface area contributed by atoms with Gasteiger partial charge in [-0.2, -0.15) is 5.06 Å². The highest BCUT2D eigenvalue weighted by molar-refractivity contribution is 5.99. The Kier molecular flexibility index (Phi) is 8.10. The summed E-state index contributed by atoms with van der Waals surface area (Å²) in [6, 6.07) is 18.0. The number of hydrogen-bond acceptors (Lipinski definition) is 5. The van der Waals surface area contributed by atoms with Crippen molar-refractivity contribution in [2.45, 2.75) is 90.4 Å². The van der Waals surface area contributed by atoms with E-state index in [2.05, 4.69) is 32.8 Å². The van der Waals surface area contributed by atoms with E-state index in [9.17, 15) is 9.59 Å². The summed E-state index contributed by atoms with van der Waals surface area (Å²) in [6.45, 7) is 13.7. The molecule has 200 valence electrons. The van der Waals surface area contributed by atoms with Gasteiger partial charge in [0.1, 0.15) is 12.0 Å². The summed E-state index contributed by atoms with van der Waals surface area (Å²) in [5.74, 6) is -2.11. The molecule has 6 nitrogen and oxygen atoms in total. The van der Waals surface area contributed by atoms with Gasteiger partial charge in [-0.25, -0.2) is 0 Å². The van der Waals surface area contributed by atoms with Gasteiger partial charge in [0.25, 0.3) is 0 Å². The van der Waals surface area contributed by atoms with E-state index in [4.69, 9.17) is 9.57 Å². The molecule has 2 aromatic rings. The summed E-state index contributed by atoms with van der Waals surface area (Å²) < 4.78 is 5.49. The van der Waals surface area contributed by atoms with Crippen LogP contribution in [0.2, 0.25) is 0 Å². The molecule has 2 aliphatic heterocycles. The molecule has 0 bridgehead atoms. The highest BCUT2D eigenvalue weighted by Crippen LogP contribution is 2.43. The van der Waals surface area contributed by atoms with Crippen LogP contribution in [-0.2, 0) is 25.7 Å². The predicted octanol–water partition coefficient (Wildman–Crippen LogP) is 5.64. The molecule has 2 saturated heterocycles. The number of nitrogens with zero attached hydrogens (tertiary/aromatic N) is 2. The largest absolute Gasteiger partial charge is 0.465 e. The van der Waals surface area contributed by atoms with E-state index < -0.39 is 23.9 Å². The first-order valence-electron chi connectivity index (χ1n) is 13.6. The minimum absolute atomic E-state index is 0.176. The van der Waals surface area contributed by atoms with E-state index in [1.54, 1.807) is 11.8 Å². The smallest absolute Gasteiger partial charge is 0.319 e. The Labute approximate surface area is 221 Å². The van der Waals surface area contributed by atoms with Crippen LogP contribution >= 0.6 is 0 Å². The van der Waals surface area contributed by atoms with Crippen molar-refractivity contribution in [3.63, 3.8) is 0 Å². The van der Waals surface area contributed by atoms with Crippen molar-refractivity contribution in [2.75, 3.05) is 13.2 Å².